The average Bonchev–Trinajstić information content (AvgIpc) is 3.47. The Balaban J connectivity index is 1.35. The first-order chi connectivity index (χ1) is 15.4. The molecule has 0 radical (unpaired) electrons. The fourth-order valence-corrected chi connectivity index (χ4v) is 5.19. The smallest absolute Gasteiger partial charge is 0.340 e. The molecule has 2 fully saturated rings. The molecule has 2 amide bonds. The van der Waals surface area contributed by atoms with Gasteiger partial charge in [0.15, 0.2) is 12.4 Å². The van der Waals surface area contributed by atoms with Crippen molar-refractivity contribution in [2.75, 3.05) is 11.5 Å². The number of imide groups is 1. The van der Waals surface area contributed by atoms with E-state index in [0.717, 1.165) is 22.4 Å². The highest BCUT2D eigenvalue weighted by atomic mass is 16.5. The summed E-state index contributed by atoms with van der Waals surface area (Å²) in [6.45, 7) is 3.45. The number of Topliss-reactive ketones (excluding diaryl/α,β-unsaturated/α-hetero) is 1. The summed E-state index contributed by atoms with van der Waals surface area (Å²) in [7, 11) is 0. The molecule has 2 aromatic carbocycles. The molecule has 0 unspecified atom stereocenters. The Hall–Kier alpha value is -3.54. The summed E-state index contributed by atoms with van der Waals surface area (Å²) in [6, 6.07) is 11.7. The Bertz CT molecular complexity index is 1170. The number of rotatable bonds is 5. The van der Waals surface area contributed by atoms with E-state index >= 15 is 0 Å². The lowest BCUT2D eigenvalue weighted by Crippen LogP contribution is -2.34. The van der Waals surface area contributed by atoms with E-state index in [1.54, 1.807) is 30.3 Å². The summed E-state index contributed by atoms with van der Waals surface area (Å²) in [6.07, 6.45) is 4.89. The lowest BCUT2D eigenvalue weighted by atomic mass is 9.85. The molecule has 0 spiro atoms. The van der Waals surface area contributed by atoms with Crippen LogP contribution in [0.4, 0.5) is 5.69 Å². The zero-order chi connectivity index (χ0) is 22.6. The number of fused-ring (bicyclic) bond motifs is 5. The van der Waals surface area contributed by atoms with Gasteiger partial charge in [-0.25, -0.2) is 9.69 Å². The molecule has 3 aliphatic rings. The van der Waals surface area contributed by atoms with E-state index in [4.69, 9.17) is 4.74 Å². The molecular formula is C26H23NO5. The van der Waals surface area contributed by atoms with Crippen molar-refractivity contribution < 1.29 is 23.9 Å². The number of anilines is 1. The van der Waals surface area contributed by atoms with Gasteiger partial charge in [-0.05, 0) is 61.4 Å². The molecule has 1 aliphatic heterocycles. The van der Waals surface area contributed by atoms with Crippen molar-refractivity contribution >= 4 is 29.3 Å². The Labute approximate surface area is 185 Å². The van der Waals surface area contributed by atoms with Crippen molar-refractivity contribution in [2.45, 2.75) is 20.3 Å². The summed E-state index contributed by atoms with van der Waals surface area (Å²) in [5.74, 6) is -2.12. The van der Waals surface area contributed by atoms with Crippen molar-refractivity contribution in [1.29, 1.82) is 0 Å². The molecular weight excluding hydrogens is 406 g/mol. The van der Waals surface area contributed by atoms with Gasteiger partial charge in [-0.15, -0.1) is 0 Å². The first kappa shape index (κ1) is 20.4. The van der Waals surface area contributed by atoms with Crippen LogP contribution in [0.15, 0.2) is 54.6 Å². The van der Waals surface area contributed by atoms with Crippen LogP contribution in [0.5, 0.6) is 0 Å². The third kappa shape index (κ3) is 3.09. The number of nitrogens with zero attached hydrogens (tertiary/aromatic N) is 1. The van der Waals surface area contributed by atoms with E-state index in [9.17, 15) is 19.2 Å². The highest BCUT2D eigenvalue weighted by molar-refractivity contribution is 6.24. The van der Waals surface area contributed by atoms with Crippen LogP contribution in [-0.4, -0.2) is 30.2 Å². The molecule has 162 valence electrons. The van der Waals surface area contributed by atoms with Crippen LogP contribution in [0.25, 0.3) is 0 Å². The van der Waals surface area contributed by atoms with Crippen molar-refractivity contribution in [1.82, 2.24) is 0 Å². The first-order valence-electron chi connectivity index (χ1n) is 10.8. The van der Waals surface area contributed by atoms with Gasteiger partial charge in [-0.3, -0.25) is 14.4 Å². The van der Waals surface area contributed by atoms with E-state index in [1.165, 1.54) is 6.07 Å². The number of para-hydroxylation sites is 1. The van der Waals surface area contributed by atoms with Crippen molar-refractivity contribution in [3.8, 4) is 0 Å². The summed E-state index contributed by atoms with van der Waals surface area (Å²) in [4.78, 5) is 52.8. The number of benzene rings is 2. The van der Waals surface area contributed by atoms with Gasteiger partial charge in [0.25, 0.3) is 0 Å². The van der Waals surface area contributed by atoms with Crippen LogP contribution in [0.2, 0.25) is 0 Å². The van der Waals surface area contributed by atoms with Gasteiger partial charge in [0.05, 0.1) is 23.1 Å². The van der Waals surface area contributed by atoms with E-state index in [1.807, 2.05) is 32.1 Å². The molecule has 6 nitrogen and oxygen atoms in total. The molecule has 32 heavy (non-hydrogen) atoms. The molecule has 5 rings (SSSR count). The van der Waals surface area contributed by atoms with Gasteiger partial charge in [0.2, 0.25) is 11.8 Å². The second kappa shape index (κ2) is 7.55. The van der Waals surface area contributed by atoms with Crippen LogP contribution in [0.3, 0.4) is 0 Å². The normalized spacial score (nSPS) is 25.4. The maximum Gasteiger partial charge on any atom is 0.340 e. The molecule has 1 heterocycles. The quantitative estimate of drug-likeness (QED) is 0.314. The van der Waals surface area contributed by atoms with E-state index < -0.39 is 12.6 Å². The van der Waals surface area contributed by atoms with E-state index in [0.29, 0.717) is 5.56 Å². The maximum absolute atomic E-state index is 13.1. The number of aryl methyl sites for hydroxylation is 2. The second-order valence-electron chi connectivity index (χ2n) is 8.83. The summed E-state index contributed by atoms with van der Waals surface area (Å²) in [5.41, 5.74) is 2.84. The van der Waals surface area contributed by atoms with Crippen LogP contribution in [0.1, 0.15) is 38.3 Å². The minimum Gasteiger partial charge on any atom is -0.454 e. The Morgan fingerprint density at radius 1 is 0.938 bits per heavy atom. The van der Waals surface area contributed by atoms with Crippen molar-refractivity contribution in [3.63, 3.8) is 0 Å². The van der Waals surface area contributed by atoms with E-state index in [-0.39, 0.29) is 52.5 Å². The number of carbonyl (C=O) groups is 4. The number of allylic oxidation sites excluding steroid dienone is 2. The number of carbonyl (C=O) groups excluding carboxylic acids is 4. The largest absolute Gasteiger partial charge is 0.454 e. The molecule has 6 heteroatoms. The molecule has 4 atom stereocenters. The highest BCUT2D eigenvalue weighted by Gasteiger charge is 2.59. The molecule has 1 saturated carbocycles. The lowest BCUT2D eigenvalue weighted by Gasteiger charge is -2.20. The second-order valence-corrected chi connectivity index (χ2v) is 8.83. The zero-order valence-electron chi connectivity index (χ0n) is 17.9. The topological polar surface area (TPSA) is 80.8 Å². The predicted molar refractivity (Wildman–Crippen MR) is 117 cm³/mol. The van der Waals surface area contributed by atoms with Gasteiger partial charge in [-0.1, -0.05) is 36.4 Å². The SMILES string of the molecule is Cc1ccc(C(=O)COC(=O)c2ccccc2N2C(=O)[C@@H]3[C@H](C2=O)[C@H]2C=C[C@H]3C2)cc1C. The van der Waals surface area contributed by atoms with Crippen molar-refractivity contribution in [2.24, 2.45) is 23.7 Å². The Morgan fingerprint density at radius 3 is 2.25 bits per heavy atom. The number of ketones is 1. The Morgan fingerprint density at radius 2 is 1.59 bits per heavy atom. The third-order valence-corrected chi connectivity index (χ3v) is 7.00. The summed E-state index contributed by atoms with van der Waals surface area (Å²) < 4.78 is 5.28. The fraction of sp³-hybridized carbons (Fsp3) is 0.308. The minimum atomic E-state index is -0.739. The van der Waals surface area contributed by atoms with Crippen LogP contribution in [0, 0.1) is 37.5 Å². The number of esters is 1. The van der Waals surface area contributed by atoms with Crippen LogP contribution >= 0.6 is 0 Å². The summed E-state index contributed by atoms with van der Waals surface area (Å²) in [5, 5.41) is 0. The zero-order valence-corrected chi connectivity index (χ0v) is 17.9. The monoisotopic (exact) mass is 429 g/mol. The standard InChI is InChI=1S/C26H23NO5/c1-14-7-8-16(11-15(14)2)21(28)13-32-26(31)19-5-3-4-6-20(19)27-24(29)22-17-9-10-18(12-17)23(22)25(27)30/h3-11,17-18,22-23H,12-13H2,1-2H3/t17-,18-,22-,23+/m0/s1. The summed E-state index contributed by atoms with van der Waals surface area (Å²) >= 11 is 0. The number of ether oxygens (including phenoxy) is 1. The van der Waals surface area contributed by atoms with Crippen molar-refractivity contribution in [3.05, 3.63) is 76.9 Å². The highest BCUT2D eigenvalue weighted by Crippen LogP contribution is 2.53. The van der Waals surface area contributed by atoms with Gasteiger partial charge >= 0.3 is 5.97 Å². The number of hydrogen-bond donors (Lipinski definition) is 0. The molecule has 1 saturated heterocycles. The molecule has 2 bridgehead atoms. The van der Waals surface area contributed by atoms with Gasteiger partial charge < -0.3 is 4.74 Å². The number of amides is 2. The van der Waals surface area contributed by atoms with Crippen LogP contribution < -0.4 is 4.90 Å². The Kier molecular flexibility index (Phi) is 4.81. The molecule has 0 aromatic heterocycles. The maximum atomic E-state index is 13.1. The predicted octanol–water partition coefficient (Wildman–Crippen LogP) is 3.65. The lowest BCUT2D eigenvalue weighted by molar-refractivity contribution is -0.123. The third-order valence-electron chi connectivity index (χ3n) is 7.00. The van der Waals surface area contributed by atoms with Gasteiger partial charge in [0, 0.05) is 5.56 Å². The molecule has 2 aliphatic carbocycles. The fourth-order valence-electron chi connectivity index (χ4n) is 5.19. The van der Waals surface area contributed by atoms with Gasteiger partial charge in [0.1, 0.15) is 0 Å². The van der Waals surface area contributed by atoms with E-state index in [2.05, 4.69) is 0 Å². The van der Waals surface area contributed by atoms with Gasteiger partial charge in [-0.2, -0.15) is 0 Å². The van der Waals surface area contributed by atoms with Crippen LogP contribution in [-0.2, 0) is 14.3 Å². The molecule has 0 N–H and O–H groups in total. The number of hydrogen-bond acceptors (Lipinski definition) is 5. The average molecular weight is 429 g/mol. The minimum absolute atomic E-state index is 0.0844. The first-order valence-corrected chi connectivity index (χ1v) is 10.8. The molecule has 2 aromatic rings.